The van der Waals surface area contributed by atoms with Gasteiger partial charge in [0.2, 0.25) is 5.91 Å². The molecule has 0 fully saturated rings. The molecule has 1 amide bonds. The number of alkyl halides is 2. The van der Waals surface area contributed by atoms with E-state index >= 15 is 0 Å². The number of hydrogen-bond acceptors (Lipinski definition) is 6. The summed E-state index contributed by atoms with van der Waals surface area (Å²) < 4.78 is 27.7. The maximum Gasteiger partial charge on any atom is 0.333 e. The number of rotatable bonds is 9. The van der Waals surface area contributed by atoms with E-state index in [1.54, 1.807) is 48.4 Å². The lowest BCUT2D eigenvalue weighted by molar-refractivity contribution is -0.118. The second-order valence-electron chi connectivity index (χ2n) is 8.33. The van der Waals surface area contributed by atoms with Crippen LogP contribution in [0.15, 0.2) is 67.4 Å². The molecule has 3 heterocycles. The first-order chi connectivity index (χ1) is 17.3. The molecule has 3 aromatic heterocycles. The Morgan fingerprint density at radius 3 is 2.39 bits per heavy atom. The average molecular weight is 491 g/mol. The minimum Gasteiger partial charge on any atom is -0.309 e. The summed E-state index contributed by atoms with van der Waals surface area (Å²) in [7, 11) is 1.77. The standard InChI is InChI=1S/C25H24F2N8O/c1-16(18-5-3-17(9-28)4-6-18)10-30-23(21-13-31-34(2)14-21)24(36)33-22-8-7-19(11-29-22)20-12-32-35(15-20)25(26)27/h3-8,11-16,23,25,30H,10H2,1-2H3,(H,29,33,36)/t16-,23?/m1/s1. The lowest BCUT2D eigenvalue weighted by Gasteiger charge is -2.20. The van der Waals surface area contributed by atoms with Crippen molar-refractivity contribution in [3.63, 3.8) is 0 Å². The molecule has 1 unspecified atom stereocenters. The highest BCUT2D eigenvalue weighted by atomic mass is 19.3. The quantitative estimate of drug-likeness (QED) is 0.366. The number of pyridine rings is 1. The zero-order valence-electron chi connectivity index (χ0n) is 19.6. The fourth-order valence-electron chi connectivity index (χ4n) is 3.68. The molecule has 9 nitrogen and oxygen atoms in total. The molecule has 0 aliphatic rings. The molecule has 0 aliphatic carbocycles. The molecule has 11 heteroatoms. The third-order valence-corrected chi connectivity index (χ3v) is 5.71. The first-order valence-corrected chi connectivity index (χ1v) is 11.2. The van der Waals surface area contributed by atoms with Gasteiger partial charge in [0.1, 0.15) is 11.9 Å². The summed E-state index contributed by atoms with van der Waals surface area (Å²) in [6, 6.07) is 12.0. The van der Waals surface area contributed by atoms with Gasteiger partial charge in [-0.2, -0.15) is 24.2 Å². The number of aryl methyl sites for hydroxylation is 1. The fraction of sp³-hybridized carbons (Fsp3) is 0.240. The van der Waals surface area contributed by atoms with Crippen molar-refractivity contribution in [2.45, 2.75) is 25.4 Å². The van der Waals surface area contributed by atoms with E-state index in [1.807, 2.05) is 19.1 Å². The molecular weight excluding hydrogens is 466 g/mol. The third kappa shape index (κ3) is 5.79. The number of nitrogens with one attached hydrogen (secondary N) is 2. The maximum absolute atomic E-state index is 13.2. The van der Waals surface area contributed by atoms with Crippen LogP contribution in [0, 0.1) is 11.3 Å². The fourth-order valence-corrected chi connectivity index (χ4v) is 3.68. The second kappa shape index (κ2) is 10.9. The Labute approximate surface area is 206 Å². The van der Waals surface area contributed by atoms with Crippen molar-refractivity contribution in [1.29, 1.82) is 5.26 Å². The largest absolute Gasteiger partial charge is 0.333 e. The predicted octanol–water partition coefficient (Wildman–Crippen LogP) is 4.02. The van der Waals surface area contributed by atoms with Crippen molar-refractivity contribution in [2.75, 3.05) is 11.9 Å². The summed E-state index contributed by atoms with van der Waals surface area (Å²) in [6.07, 6.45) is 7.44. The van der Waals surface area contributed by atoms with E-state index in [4.69, 9.17) is 5.26 Å². The van der Waals surface area contributed by atoms with Crippen LogP contribution >= 0.6 is 0 Å². The van der Waals surface area contributed by atoms with Gasteiger partial charge < -0.3 is 10.6 Å². The van der Waals surface area contributed by atoms with Crippen LogP contribution in [0.1, 0.15) is 42.1 Å². The van der Waals surface area contributed by atoms with Gasteiger partial charge in [-0.15, -0.1) is 0 Å². The highest BCUT2D eigenvalue weighted by molar-refractivity contribution is 5.94. The van der Waals surface area contributed by atoms with E-state index in [1.165, 1.54) is 18.6 Å². The molecule has 4 aromatic rings. The van der Waals surface area contributed by atoms with Gasteiger partial charge in [0.25, 0.3) is 0 Å². The lowest BCUT2D eigenvalue weighted by atomic mass is 9.99. The van der Waals surface area contributed by atoms with Crippen molar-refractivity contribution in [1.82, 2.24) is 29.9 Å². The van der Waals surface area contributed by atoms with Gasteiger partial charge in [0.15, 0.2) is 0 Å². The Kier molecular flexibility index (Phi) is 7.46. The summed E-state index contributed by atoms with van der Waals surface area (Å²) in [6.45, 7) is -0.190. The van der Waals surface area contributed by atoms with E-state index in [0.717, 1.165) is 5.56 Å². The van der Waals surface area contributed by atoms with Gasteiger partial charge in [-0.3, -0.25) is 9.48 Å². The number of carbonyl (C=O) groups excluding carboxylic acids is 1. The number of nitriles is 1. The molecule has 0 aliphatic heterocycles. The van der Waals surface area contributed by atoms with Crippen LogP contribution in [0.25, 0.3) is 11.1 Å². The zero-order valence-corrected chi connectivity index (χ0v) is 19.6. The second-order valence-corrected chi connectivity index (χ2v) is 8.33. The summed E-state index contributed by atoms with van der Waals surface area (Å²) in [5, 5.41) is 22.9. The summed E-state index contributed by atoms with van der Waals surface area (Å²) in [4.78, 5) is 17.5. The van der Waals surface area contributed by atoms with Gasteiger partial charge >= 0.3 is 6.55 Å². The Hall–Kier alpha value is -4.43. The first-order valence-electron chi connectivity index (χ1n) is 11.2. The summed E-state index contributed by atoms with van der Waals surface area (Å²) in [5.74, 6) is 0.0814. The molecule has 0 bridgehead atoms. The normalized spacial score (nSPS) is 12.8. The smallest absolute Gasteiger partial charge is 0.309 e. The van der Waals surface area contributed by atoms with Crippen LogP contribution in [0.3, 0.4) is 0 Å². The summed E-state index contributed by atoms with van der Waals surface area (Å²) in [5.41, 5.74) is 3.41. The van der Waals surface area contributed by atoms with Gasteiger partial charge in [0.05, 0.1) is 24.0 Å². The van der Waals surface area contributed by atoms with E-state index in [2.05, 4.69) is 31.9 Å². The van der Waals surface area contributed by atoms with Crippen LogP contribution in [0.4, 0.5) is 14.6 Å². The number of amides is 1. The van der Waals surface area contributed by atoms with Crippen molar-refractivity contribution < 1.29 is 13.6 Å². The average Bonchev–Trinajstić information content (AvgIpc) is 3.54. The van der Waals surface area contributed by atoms with Crippen LogP contribution in [-0.2, 0) is 11.8 Å². The van der Waals surface area contributed by atoms with Gasteiger partial charge in [0, 0.05) is 48.9 Å². The lowest BCUT2D eigenvalue weighted by Crippen LogP contribution is -2.35. The molecular formula is C25H24F2N8O. The minimum absolute atomic E-state index is 0.0799. The number of halogens is 2. The maximum atomic E-state index is 13.2. The Morgan fingerprint density at radius 2 is 1.81 bits per heavy atom. The first kappa shape index (κ1) is 24.7. The Balaban J connectivity index is 1.45. The van der Waals surface area contributed by atoms with E-state index in [-0.39, 0.29) is 11.8 Å². The highest BCUT2D eigenvalue weighted by Gasteiger charge is 2.23. The minimum atomic E-state index is -2.72. The van der Waals surface area contributed by atoms with Gasteiger partial charge in [-0.05, 0) is 35.7 Å². The number of anilines is 1. The number of nitrogens with zero attached hydrogens (tertiary/aromatic N) is 6. The molecule has 0 saturated heterocycles. The Bertz CT molecular complexity index is 1360. The van der Waals surface area contributed by atoms with E-state index in [9.17, 15) is 13.6 Å². The zero-order chi connectivity index (χ0) is 25.7. The highest BCUT2D eigenvalue weighted by Crippen LogP contribution is 2.23. The SMILES string of the molecule is C[C@H](CNC(C(=O)Nc1ccc(-c2cnn(C(F)F)c2)cn1)c1cnn(C)c1)c1ccc(C#N)cc1. The van der Waals surface area contributed by atoms with E-state index in [0.29, 0.717) is 39.3 Å². The van der Waals surface area contributed by atoms with Gasteiger partial charge in [-0.25, -0.2) is 9.67 Å². The molecule has 2 N–H and O–H groups in total. The van der Waals surface area contributed by atoms with Crippen LogP contribution in [-0.4, -0.2) is 37.0 Å². The van der Waals surface area contributed by atoms with Crippen LogP contribution in [0.5, 0.6) is 0 Å². The molecule has 0 radical (unpaired) electrons. The third-order valence-electron chi connectivity index (χ3n) is 5.71. The van der Waals surface area contributed by atoms with Crippen molar-refractivity contribution in [3.8, 4) is 17.2 Å². The molecule has 2 atom stereocenters. The molecule has 0 saturated carbocycles. The number of carbonyl (C=O) groups is 1. The predicted molar refractivity (Wildman–Crippen MR) is 129 cm³/mol. The number of aromatic nitrogens is 5. The number of benzene rings is 1. The van der Waals surface area contributed by atoms with Crippen molar-refractivity contribution in [3.05, 3.63) is 84.1 Å². The molecule has 4 rings (SSSR count). The van der Waals surface area contributed by atoms with Gasteiger partial charge in [-0.1, -0.05) is 19.1 Å². The molecule has 184 valence electrons. The monoisotopic (exact) mass is 490 g/mol. The van der Waals surface area contributed by atoms with Crippen LogP contribution in [0.2, 0.25) is 0 Å². The van der Waals surface area contributed by atoms with Crippen molar-refractivity contribution >= 4 is 11.7 Å². The van der Waals surface area contributed by atoms with Crippen molar-refractivity contribution in [2.24, 2.45) is 7.05 Å². The molecule has 0 spiro atoms. The number of hydrogen-bond donors (Lipinski definition) is 2. The van der Waals surface area contributed by atoms with E-state index < -0.39 is 12.6 Å². The summed E-state index contributed by atoms with van der Waals surface area (Å²) >= 11 is 0. The topological polar surface area (TPSA) is 113 Å². The Morgan fingerprint density at radius 1 is 1.03 bits per heavy atom. The molecule has 36 heavy (non-hydrogen) atoms. The molecule has 1 aromatic carbocycles. The van der Waals surface area contributed by atoms with Crippen LogP contribution < -0.4 is 10.6 Å².